The van der Waals surface area contributed by atoms with E-state index >= 15 is 0 Å². The number of aromatic nitrogens is 3. The number of hydrogen-bond donors (Lipinski definition) is 1. The van der Waals surface area contributed by atoms with Crippen LogP contribution in [0, 0.1) is 13.8 Å². The van der Waals surface area contributed by atoms with Crippen LogP contribution in [0.4, 0.5) is 0 Å². The summed E-state index contributed by atoms with van der Waals surface area (Å²) in [7, 11) is 2.73. The van der Waals surface area contributed by atoms with Gasteiger partial charge in [0.25, 0.3) is 0 Å². The Hall–Kier alpha value is -7.58. The average Bonchev–Trinajstić information content (AvgIpc) is 4.10. The van der Waals surface area contributed by atoms with E-state index in [1.54, 1.807) is 24.3 Å². The topological polar surface area (TPSA) is 107 Å². The van der Waals surface area contributed by atoms with Crippen molar-refractivity contribution in [3.8, 4) is 44.5 Å². The standard InChI is InChI=1S/C50H37N3O5/c1-29-5-9-31(10-6-29)45-37-21-22-38(51-37)46(32-11-7-30(2)8-12-32)40-24-26-42(53-40)48(34-15-19-36(20-16-34)50(55)57-4)44-28-27-43(58-44)47(41-25-23-39(45)52-41)33-13-17-35(18-14-33)49(54)56-3/h5-28,51H,1-4H3. The lowest BCUT2D eigenvalue weighted by molar-refractivity contribution is 0.0592. The van der Waals surface area contributed by atoms with Gasteiger partial charge in [-0.2, -0.15) is 0 Å². The third-order valence-electron chi connectivity index (χ3n) is 10.5. The van der Waals surface area contributed by atoms with Crippen LogP contribution < -0.4 is 0 Å². The number of ether oxygens (including phenoxy) is 2. The van der Waals surface area contributed by atoms with Gasteiger partial charge in [-0.05, 0) is 109 Å². The first-order chi connectivity index (χ1) is 28.3. The number of aryl methyl sites for hydroxylation is 2. The molecule has 8 nitrogen and oxygen atoms in total. The van der Waals surface area contributed by atoms with Crippen LogP contribution in [0.25, 0.3) is 91.0 Å². The molecular weight excluding hydrogens is 723 g/mol. The van der Waals surface area contributed by atoms with Crippen LogP contribution in [0.1, 0.15) is 54.6 Å². The molecule has 0 spiro atoms. The minimum Gasteiger partial charge on any atom is -0.465 e. The predicted molar refractivity (Wildman–Crippen MR) is 231 cm³/mol. The molecule has 3 aromatic heterocycles. The molecule has 58 heavy (non-hydrogen) atoms. The van der Waals surface area contributed by atoms with E-state index in [-0.39, 0.29) is 0 Å². The third-order valence-corrected chi connectivity index (χ3v) is 10.5. The minimum absolute atomic E-state index is 0.423. The molecule has 0 aliphatic carbocycles. The molecule has 0 unspecified atom stereocenters. The number of esters is 2. The summed E-state index contributed by atoms with van der Waals surface area (Å²) in [6.45, 7) is 4.15. The molecule has 1 N–H and O–H groups in total. The number of nitrogens with one attached hydrogen (secondary N) is 1. The quantitative estimate of drug-likeness (QED) is 0.168. The number of hydrogen-bond acceptors (Lipinski definition) is 7. The van der Waals surface area contributed by atoms with Crippen LogP contribution >= 0.6 is 0 Å². The van der Waals surface area contributed by atoms with Crippen molar-refractivity contribution in [2.45, 2.75) is 13.8 Å². The van der Waals surface area contributed by atoms with Gasteiger partial charge in [0.2, 0.25) is 0 Å². The summed E-state index contributed by atoms with van der Waals surface area (Å²) in [4.78, 5) is 39.2. The molecule has 2 aliphatic heterocycles. The SMILES string of the molecule is COC(=O)c1ccc(-c2c3nc(c(-c4ccc(C)cc4)c4ccc([nH]4)c(-c4ccc(C)cc4)c4nc(c(-c5ccc(C(=O)OC)cc5)c5ccc2o5)C=C4)C=C3)cc1. The Kier molecular flexibility index (Phi) is 9.22. The first-order valence-corrected chi connectivity index (χ1v) is 18.9. The molecule has 282 valence electrons. The lowest BCUT2D eigenvalue weighted by Crippen LogP contribution is -2.00. The molecule has 8 heteroatoms. The van der Waals surface area contributed by atoms with Crippen LogP contribution in [0.15, 0.2) is 126 Å². The van der Waals surface area contributed by atoms with E-state index in [2.05, 4.69) is 79.5 Å². The van der Waals surface area contributed by atoms with Crippen molar-refractivity contribution >= 4 is 58.4 Å². The number of benzene rings is 4. The second kappa shape index (κ2) is 14.8. The van der Waals surface area contributed by atoms with Crippen LogP contribution in [0.3, 0.4) is 0 Å². The number of fused-ring (bicyclic) bond motifs is 8. The molecule has 9 rings (SSSR count). The van der Waals surface area contributed by atoms with Gasteiger partial charge in [0.05, 0.1) is 59.2 Å². The summed E-state index contributed by atoms with van der Waals surface area (Å²) in [5.74, 6) is -0.846. The largest absolute Gasteiger partial charge is 0.465 e. The van der Waals surface area contributed by atoms with Gasteiger partial charge in [0, 0.05) is 22.2 Å². The monoisotopic (exact) mass is 759 g/mol. The molecule has 0 fully saturated rings. The fourth-order valence-corrected chi connectivity index (χ4v) is 7.51. The van der Waals surface area contributed by atoms with E-state index in [0.717, 1.165) is 78.1 Å². The molecule has 2 aliphatic rings. The van der Waals surface area contributed by atoms with E-state index in [0.29, 0.717) is 33.7 Å². The summed E-state index contributed by atoms with van der Waals surface area (Å²) in [6, 6.07) is 39.5. The van der Waals surface area contributed by atoms with Crippen LogP contribution in [0.2, 0.25) is 0 Å². The van der Waals surface area contributed by atoms with Gasteiger partial charge in [-0.25, -0.2) is 19.6 Å². The number of furan rings is 1. The molecular formula is C50H37N3O5. The zero-order valence-corrected chi connectivity index (χ0v) is 32.3. The first kappa shape index (κ1) is 36.1. The predicted octanol–water partition coefficient (Wildman–Crippen LogP) is 11.8. The number of carbonyl (C=O) groups excluding carboxylic acids is 2. The molecule has 5 heterocycles. The third kappa shape index (κ3) is 6.60. The smallest absolute Gasteiger partial charge is 0.337 e. The number of nitrogens with zero attached hydrogens (tertiary/aromatic N) is 2. The molecule has 4 aromatic carbocycles. The van der Waals surface area contributed by atoms with E-state index in [4.69, 9.17) is 23.9 Å². The Morgan fingerprint density at radius 1 is 0.448 bits per heavy atom. The van der Waals surface area contributed by atoms with Gasteiger partial charge in [-0.1, -0.05) is 83.9 Å². The molecule has 0 radical (unpaired) electrons. The number of carbonyl (C=O) groups is 2. The Morgan fingerprint density at radius 3 is 1.14 bits per heavy atom. The van der Waals surface area contributed by atoms with Crippen LogP contribution in [0.5, 0.6) is 0 Å². The minimum atomic E-state index is -0.423. The fraction of sp³-hybridized carbons (Fsp3) is 0.0800. The number of aromatic amines is 1. The van der Waals surface area contributed by atoms with Crippen molar-refractivity contribution in [1.82, 2.24) is 15.0 Å². The van der Waals surface area contributed by atoms with Crippen molar-refractivity contribution in [3.05, 3.63) is 166 Å². The van der Waals surface area contributed by atoms with E-state index < -0.39 is 11.9 Å². The van der Waals surface area contributed by atoms with Crippen molar-refractivity contribution in [3.63, 3.8) is 0 Å². The number of methoxy groups -OCH3 is 2. The first-order valence-electron chi connectivity index (χ1n) is 18.9. The Labute approximate surface area is 334 Å². The maximum Gasteiger partial charge on any atom is 0.337 e. The zero-order valence-electron chi connectivity index (χ0n) is 32.3. The van der Waals surface area contributed by atoms with Crippen molar-refractivity contribution < 1.29 is 23.5 Å². The molecule has 0 saturated heterocycles. The second-order valence-corrected chi connectivity index (χ2v) is 14.3. The van der Waals surface area contributed by atoms with E-state index in [9.17, 15) is 9.59 Å². The Balaban J connectivity index is 1.42. The highest BCUT2D eigenvalue weighted by Gasteiger charge is 2.20. The second-order valence-electron chi connectivity index (χ2n) is 14.3. The molecule has 0 amide bonds. The van der Waals surface area contributed by atoms with Gasteiger partial charge in [0.15, 0.2) is 0 Å². The lowest BCUT2D eigenvalue weighted by atomic mass is 10.0. The number of H-pyrrole nitrogens is 1. The highest BCUT2D eigenvalue weighted by molar-refractivity contribution is 6.00. The summed E-state index contributed by atoms with van der Waals surface area (Å²) < 4.78 is 16.8. The molecule has 0 atom stereocenters. The van der Waals surface area contributed by atoms with Crippen molar-refractivity contribution in [1.29, 1.82) is 0 Å². The summed E-state index contributed by atoms with van der Waals surface area (Å²) in [5.41, 5.74) is 16.0. The summed E-state index contributed by atoms with van der Waals surface area (Å²) >= 11 is 0. The van der Waals surface area contributed by atoms with Crippen LogP contribution in [-0.4, -0.2) is 41.1 Å². The maximum atomic E-state index is 12.4. The highest BCUT2D eigenvalue weighted by Crippen LogP contribution is 2.39. The average molecular weight is 760 g/mol. The fourth-order valence-electron chi connectivity index (χ4n) is 7.51. The van der Waals surface area contributed by atoms with Gasteiger partial charge in [-0.15, -0.1) is 0 Å². The molecule has 0 saturated carbocycles. The molecule has 7 aromatic rings. The Bertz CT molecular complexity index is 2790. The zero-order chi connectivity index (χ0) is 39.9. The van der Waals surface area contributed by atoms with Gasteiger partial charge in [-0.3, -0.25) is 0 Å². The van der Waals surface area contributed by atoms with Gasteiger partial charge < -0.3 is 18.9 Å². The van der Waals surface area contributed by atoms with E-state index in [1.807, 2.05) is 60.7 Å². The van der Waals surface area contributed by atoms with Gasteiger partial charge in [0.1, 0.15) is 11.2 Å². The summed E-state index contributed by atoms with van der Waals surface area (Å²) in [6.07, 6.45) is 8.07. The Morgan fingerprint density at radius 2 is 0.776 bits per heavy atom. The molecule has 8 bridgehead atoms. The van der Waals surface area contributed by atoms with E-state index in [1.165, 1.54) is 14.2 Å². The van der Waals surface area contributed by atoms with Gasteiger partial charge >= 0.3 is 11.9 Å². The van der Waals surface area contributed by atoms with Crippen LogP contribution in [-0.2, 0) is 9.47 Å². The normalized spacial score (nSPS) is 11.8. The lowest BCUT2D eigenvalue weighted by Gasteiger charge is -2.07. The number of rotatable bonds is 6. The summed E-state index contributed by atoms with van der Waals surface area (Å²) in [5, 5.41) is 0. The van der Waals surface area contributed by atoms with Crippen molar-refractivity contribution in [2.24, 2.45) is 0 Å². The van der Waals surface area contributed by atoms with Crippen molar-refractivity contribution in [2.75, 3.05) is 14.2 Å². The maximum absolute atomic E-state index is 12.4. The highest BCUT2D eigenvalue weighted by atomic mass is 16.5.